The average Bonchev–Trinajstić information content (AvgIpc) is 2.86. The predicted molar refractivity (Wildman–Crippen MR) is 132 cm³/mol. The fourth-order valence-electron chi connectivity index (χ4n) is 3.66. The number of rotatable bonds is 8. The number of amides is 2. The summed E-state index contributed by atoms with van der Waals surface area (Å²) in [6.45, 7) is 0.396. The number of esters is 1. The van der Waals surface area contributed by atoms with Gasteiger partial charge in [0.15, 0.2) is 0 Å². The van der Waals surface area contributed by atoms with Crippen molar-refractivity contribution in [1.29, 1.82) is 0 Å². The van der Waals surface area contributed by atoms with E-state index in [4.69, 9.17) is 0 Å². The molecule has 1 heterocycles. The Balaban J connectivity index is 1.33. The molecule has 8 heteroatoms. The molecular weight excluding hydrogens is 450 g/mol. The number of hydrogen-bond donors (Lipinski definition) is 2. The smallest absolute Gasteiger partial charge is 0.325 e. The van der Waals surface area contributed by atoms with E-state index in [0.717, 1.165) is 16.9 Å². The molecule has 3 aromatic carbocycles. The van der Waals surface area contributed by atoms with Crippen molar-refractivity contribution in [2.24, 2.45) is 0 Å². The molecule has 7 nitrogen and oxygen atoms in total. The highest BCUT2D eigenvalue weighted by molar-refractivity contribution is 7.99. The number of fused-ring (bicyclic) bond motifs is 2. The monoisotopic (exact) mass is 475 g/mol. The van der Waals surface area contributed by atoms with Crippen molar-refractivity contribution < 1.29 is 19.1 Å². The SMILES string of the molecule is COC(=O)CNC(=O)Cc1ccc(NC(=O)CCN2c3ccccc3Sc3ccccc32)cc1. The number of anilines is 3. The van der Waals surface area contributed by atoms with Crippen molar-refractivity contribution >= 4 is 46.6 Å². The standard InChI is InChI=1S/C26H25N3O4S/c1-33-26(32)17-27-25(31)16-18-10-12-19(13-11-18)28-24(30)14-15-29-20-6-2-4-8-22(20)34-23-9-5-3-7-21(23)29/h2-13H,14-17H2,1H3,(H,27,31)(H,28,30). The van der Waals surface area contributed by atoms with Crippen LogP contribution in [0.2, 0.25) is 0 Å². The summed E-state index contributed by atoms with van der Waals surface area (Å²) in [6, 6.07) is 23.5. The van der Waals surface area contributed by atoms with Gasteiger partial charge in [-0.25, -0.2) is 0 Å². The molecule has 0 unspecified atom stereocenters. The number of ether oxygens (including phenoxy) is 1. The first-order chi connectivity index (χ1) is 16.5. The minimum Gasteiger partial charge on any atom is -0.468 e. The summed E-state index contributed by atoms with van der Waals surface area (Å²) in [6.07, 6.45) is 0.460. The van der Waals surface area contributed by atoms with Crippen molar-refractivity contribution in [2.75, 3.05) is 30.4 Å². The van der Waals surface area contributed by atoms with Gasteiger partial charge < -0.3 is 20.3 Å². The number of methoxy groups -OCH3 is 1. The number of nitrogens with one attached hydrogen (secondary N) is 2. The second-order valence-electron chi connectivity index (χ2n) is 7.71. The van der Waals surface area contributed by atoms with Crippen molar-refractivity contribution in [3.63, 3.8) is 0 Å². The Morgan fingerprint density at radius 1 is 0.853 bits per heavy atom. The van der Waals surface area contributed by atoms with Crippen LogP contribution in [0.25, 0.3) is 0 Å². The highest BCUT2D eigenvalue weighted by atomic mass is 32.2. The average molecular weight is 476 g/mol. The molecule has 0 aromatic heterocycles. The molecule has 0 spiro atoms. The Hall–Kier alpha value is -3.78. The number of carbonyl (C=O) groups excluding carboxylic acids is 3. The molecule has 1 aliphatic rings. The second-order valence-corrected chi connectivity index (χ2v) is 8.80. The maximum absolute atomic E-state index is 12.7. The lowest BCUT2D eigenvalue weighted by molar-refractivity contribution is -0.141. The van der Waals surface area contributed by atoms with Gasteiger partial charge >= 0.3 is 5.97 Å². The third-order valence-electron chi connectivity index (χ3n) is 5.35. The van der Waals surface area contributed by atoms with Gasteiger partial charge in [0.1, 0.15) is 6.54 Å². The maximum Gasteiger partial charge on any atom is 0.325 e. The van der Waals surface area contributed by atoms with Crippen LogP contribution in [0.4, 0.5) is 17.1 Å². The van der Waals surface area contributed by atoms with E-state index in [1.807, 2.05) is 24.3 Å². The van der Waals surface area contributed by atoms with Crippen LogP contribution < -0.4 is 15.5 Å². The number of benzene rings is 3. The third kappa shape index (κ3) is 5.77. The van der Waals surface area contributed by atoms with E-state index in [9.17, 15) is 14.4 Å². The van der Waals surface area contributed by atoms with Gasteiger partial charge in [0.2, 0.25) is 11.8 Å². The van der Waals surface area contributed by atoms with E-state index in [-0.39, 0.29) is 24.8 Å². The first kappa shape index (κ1) is 23.4. The highest BCUT2D eigenvalue weighted by Crippen LogP contribution is 2.47. The molecule has 4 rings (SSSR count). The van der Waals surface area contributed by atoms with Gasteiger partial charge in [-0.15, -0.1) is 0 Å². The molecular formula is C26H25N3O4S. The number of para-hydroxylation sites is 2. The predicted octanol–water partition coefficient (Wildman–Crippen LogP) is 4.15. The minimum absolute atomic E-state index is 0.0863. The molecule has 34 heavy (non-hydrogen) atoms. The van der Waals surface area contributed by atoms with Crippen LogP contribution in [-0.2, 0) is 25.5 Å². The molecule has 2 amide bonds. The molecule has 2 N–H and O–H groups in total. The third-order valence-corrected chi connectivity index (χ3v) is 6.48. The fourth-order valence-corrected chi connectivity index (χ4v) is 4.75. The lowest BCUT2D eigenvalue weighted by Crippen LogP contribution is -2.31. The normalized spacial score (nSPS) is 11.7. The van der Waals surface area contributed by atoms with Crippen molar-refractivity contribution in [3.8, 4) is 0 Å². The molecule has 0 saturated carbocycles. The molecule has 0 saturated heterocycles. The zero-order chi connectivity index (χ0) is 23.9. The zero-order valence-electron chi connectivity index (χ0n) is 18.7. The fraction of sp³-hybridized carbons (Fsp3) is 0.192. The number of nitrogens with zero attached hydrogens (tertiary/aromatic N) is 1. The van der Waals surface area contributed by atoms with Gasteiger partial charge in [0.05, 0.1) is 24.9 Å². The largest absolute Gasteiger partial charge is 0.468 e. The Kier molecular flexibility index (Phi) is 7.49. The van der Waals surface area contributed by atoms with Gasteiger partial charge in [-0.2, -0.15) is 0 Å². The molecule has 3 aromatic rings. The Morgan fingerprint density at radius 3 is 2.09 bits per heavy atom. The van der Waals surface area contributed by atoms with Crippen molar-refractivity contribution in [2.45, 2.75) is 22.6 Å². The Bertz CT molecular complexity index is 1150. The zero-order valence-corrected chi connectivity index (χ0v) is 19.6. The van der Waals surface area contributed by atoms with E-state index in [1.54, 1.807) is 36.0 Å². The molecule has 0 bridgehead atoms. The minimum atomic E-state index is -0.498. The van der Waals surface area contributed by atoms with Crippen molar-refractivity contribution in [3.05, 3.63) is 78.4 Å². The Labute approximate surface area is 202 Å². The van der Waals surface area contributed by atoms with Crippen LogP contribution in [0.3, 0.4) is 0 Å². The Morgan fingerprint density at radius 2 is 1.47 bits per heavy atom. The quantitative estimate of drug-likeness (QED) is 0.476. The van der Waals surface area contributed by atoms with Gasteiger partial charge in [-0.05, 0) is 42.0 Å². The lowest BCUT2D eigenvalue weighted by atomic mass is 10.1. The molecule has 174 valence electrons. The summed E-state index contributed by atoms with van der Waals surface area (Å²) in [5.74, 6) is -0.860. The van der Waals surface area contributed by atoms with Gasteiger partial charge in [0.25, 0.3) is 0 Å². The van der Waals surface area contributed by atoms with E-state index >= 15 is 0 Å². The van der Waals surface area contributed by atoms with E-state index in [0.29, 0.717) is 18.7 Å². The van der Waals surface area contributed by atoms with E-state index in [2.05, 4.69) is 44.5 Å². The molecule has 0 fully saturated rings. The van der Waals surface area contributed by atoms with Crippen LogP contribution >= 0.6 is 11.8 Å². The number of hydrogen-bond acceptors (Lipinski definition) is 6. The summed E-state index contributed by atoms with van der Waals surface area (Å²) in [7, 11) is 1.27. The molecule has 1 aliphatic heterocycles. The van der Waals surface area contributed by atoms with Crippen LogP contribution in [0.1, 0.15) is 12.0 Å². The van der Waals surface area contributed by atoms with Gasteiger partial charge in [-0.3, -0.25) is 14.4 Å². The molecule has 0 aliphatic carbocycles. The summed E-state index contributed by atoms with van der Waals surface area (Å²) < 4.78 is 4.50. The first-order valence-electron chi connectivity index (χ1n) is 10.9. The van der Waals surface area contributed by atoms with E-state index < -0.39 is 5.97 Å². The van der Waals surface area contributed by atoms with Crippen molar-refractivity contribution in [1.82, 2.24) is 5.32 Å². The topological polar surface area (TPSA) is 87.7 Å². The van der Waals surface area contributed by atoms with Crippen LogP contribution in [0.5, 0.6) is 0 Å². The summed E-state index contributed by atoms with van der Waals surface area (Å²) in [5.41, 5.74) is 3.65. The maximum atomic E-state index is 12.7. The van der Waals surface area contributed by atoms with E-state index in [1.165, 1.54) is 16.9 Å². The highest BCUT2D eigenvalue weighted by Gasteiger charge is 2.23. The second kappa shape index (κ2) is 10.9. The van der Waals surface area contributed by atoms with Crippen LogP contribution in [0.15, 0.2) is 82.6 Å². The first-order valence-corrected chi connectivity index (χ1v) is 11.7. The summed E-state index contributed by atoms with van der Waals surface area (Å²) >= 11 is 1.74. The summed E-state index contributed by atoms with van der Waals surface area (Å²) in [4.78, 5) is 40.2. The number of carbonyl (C=O) groups is 3. The molecule has 0 atom stereocenters. The molecule has 0 radical (unpaired) electrons. The van der Waals surface area contributed by atoms with Gasteiger partial charge in [0, 0.05) is 28.4 Å². The van der Waals surface area contributed by atoms with Crippen LogP contribution in [0, 0.1) is 0 Å². The lowest BCUT2D eigenvalue weighted by Gasteiger charge is -2.32. The summed E-state index contributed by atoms with van der Waals surface area (Å²) in [5, 5.41) is 5.43. The van der Waals surface area contributed by atoms with Gasteiger partial charge in [-0.1, -0.05) is 48.2 Å². The van der Waals surface area contributed by atoms with Crippen LogP contribution in [-0.4, -0.2) is 38.0 Å².